The van der Waals surface area contributed by atoms with Crippen molar-refractivity contribution < 1.29 is 18.7 Å². The highest BCUT2D eigenvalue weighted by Gasteiger charge is 2.43. The summed E-state index contributed by atoms with van der Waals surface area (Å²) in [4.78, 5) is 12.5. The van der Waals surface area contributed by atoms with Crippen molar-refractivity contribution in [2.24, 2.45) is 5.92 Å². The highest BCUT2D eigenvalue weighted by atomic mass is 79.9. The minimum atomic E-state index is -0.401. The monoisotopic (exact) mass is 342 g/mol. The van der Waals surface area contributed by atoms with Crippen molar-refractivity contribution in [1.29, 1.82) is 0 Å². The van der Waals surface area contributed by atoms with Crippen LogP contribution in [0.1, 0.15) is 29.6 Å². The first-order chi connectivity index (χ1) is 9.60. The molecule has 2 saturated heterocycles. The molecule has 0 saturated carbocycles. The molecule has 0 aromatic heterocycles. The molecule has 20 heavy (non-hydrogen) atoms. The minimum absolute atomic E-state index is 0.00553. The van der Waals surface area contributed by atoms with E-state index in [0.717, 1.165) is 6.42 Å². The Kier molecular flexibility index (Phi) is 3.93. The first-order valence-corrected chi connectivity index (χ1v) is 7.60. The molecule has 2 aliphatic rings. The SMILES string of the molecule is O=C(c1ccc(Br)c(F)c1)C1CCOC2(CCOC2)C1. The second kappa shape index (κ2) is 5.54. The Morgan fingerprint density at radius 3 is 2.95 bits per heavy atom. The fraction of sp³-hybridized carbons (Fsp3) is 0.533. The van der Waals surface area contributed by atoms with Crippen LogP contribution in [0.5, 0.6) is 0 Å². The number of Topliss-reactive ketones (excluding diaryl/α,β-unsaturated/α-hetero) is 1. The van der Waals surface area contributed by atoms with Gasteiger partial charge < -0.3 is 9.47 Å². The lowest BCUT2D eigenvalue weighted by atomic mass is 9.81. The summed E-state index contributed by atoms with van der Waals surface area (Å²) >= 11 is 3.10. The molecular weight excluding hydrogens is 327 g/mol. The standard InChI is InChI=1S/C15H16BrFO3/c16-12-2-1-10(7-13(12)17)14(18)11-3-5-20-15(8-11)4-6-19-9-15/h1-2,7,11H,3-6,8-9H2. The van der Waals surface area contributed by atoms with Crippen LogP contribution in [0, 0.1) is 11.7 Å². The Labute approximate surface area is 125 Å². The summed E-state index contributed by atoms with van der Waals surface area (Å²) in [6, 6.07) is 4.55. The van der Waals surface area contributed by atoms with Gasteiger partial charge in [-0.1, -0.05) is 6.07 Å². The van der Waals surface area contributed by atoms with Crippen LogP contribution in [0.2, 0.25) is 0 Å². The Bertz CT molecular complexity index is 526. The Hall–Kier alpha value is -0.780. The molecular formula is C15H16BrFO3. The van der Waals surface area contributed by atoms with Gasteiger partial charge in [0.1, 0.15) is 5.82 Å². The third kappa shape index (κ3) is 2.67. The van der Waals surface area contributed by atoms with E-state index in [9.17, 15) is 9.18 Å². The Morgan fingerprint density at radius 1 is 1.40 bits per heavy atom. The highest BCUT2D eigenvalue weighted by Crippen LogP contribution is 2.37. The van der Waals surface area contributed by atoms with Gasteiger partial charge in [-0.2, -0.15) is 0 Å². The molecule has 0 aliphatic carbocycles. The molecule has 0 bridgehead atoms. The maximum Gasteiger partial charge on any atom is 0.166 e. The number of hydrogen-bond donors (Lipinski definition) is 0. The summed E-state index contributed by atoms with van der Waals surface area (Å²) < 4.78 is 25.2. The van der Waals surface area contributed by atoms with Crippen molar-refractivity contribution in [3.63, 3.8) is 0 Å². The molecule has 1 aromatic carbocycles. The molecule has 2 unspecified atom stereocenters. The lowest BCUT2D eigenvalue weighted by molar-refractivity contribution is -0.0920. The molecule has 0 N–H and O–H groups in total. The molecule has 5 heteroatoms. The molecule has 0 radical (unpaired) electrons. The van der Waals surface area contributed by atoms with E-state index in [0.29, 0.717) is 42.7 Å². The van der Waals surface area contributed by atoms with Gasteiger partial charge in [0.25, 0.3) is 0 Å². The van der Waals surface area contributed by atoms with Crippen LogP contribution in [0.25, 0.3) is 0 Å². The van der Waals surface area contributed by atoms with E-state index in [1.165, 1.54) is 6.07 Å². The Morgan fingerprint density at radius 2 is 2.25 bits per heavy atom. The largest absolute Gasteiger partial charge is 0.378 e. The van der Waals surface area contributed by atoms with Gasteiger partial charge in [0.2, 0.25) is 0 Å². The fourth-order valence-corrected chi connectivity index (χ4v) is 3.25. The molecule has 1 spiro atoms. The average molecular weight is 343 g/mol. The van der Waals surface area contributed by atoms with E-state index in [4.69, 9.17) is 9.47 Å². The van der Waals surface area contributed by atoms with E-state index >= 15 is 0 Å². The summed E-state index contributed by atoms with van der Waals surface area (Å²) in [6.45, 7) is 1.82. The summed E-state index contributed by atoms with van der Waals surface area (Å²) in [5.74, 6) is -0.501. The first-order valence-electron chi connectivity index (χ1n) is 6.81. The van der Waals surface area contributed by atoms with E-state index in [1.807, 2.05) is 0 Å². The lowest BCUT2D eigenvalue weighted by Gasteiger charge is -2.36. The number of carbonyl (C=O) groups excluding carboxylic acids is 1. The minimum Gasteiger partial charge on any atom is -0.378 e. The summed E-state index contributed by atoms with van der Waals surface area (Å²) in [6.07, 6.45) is 2.20. The van der Waals surface area contributed by atoms with Gasteiger partial charge >= 0.3 is 0 Å². The third-order valence-electron chi connectivity index (χ3n) is 4.14. The molecule has 2 heterocycles. The number of rotatable bonds is 2. The maximum absolute atomic E-state index is 13.6. The second-order valence-corrected chi connectivity index (χ2v) is 6.37. The van der Waals surface area contributed by atoms with Crippen molar-refractivity contribution in [3.05, 3.63) is 34.1 Å². The van der Waals surface area contributed by atoms with Crippen LogP contribution in [0.15, 0.2) is 22.7 Å². The van der Waals surface area contributed by atoms with E-state index in [-0.39, 0.29) is 17.3 Å². The Balaban J connectivity index is 1.77. The van der Waals surface area contributed by atoms with Crippen molar-refractivity contribution in [2.45, 2.75) is 24.9 Å². The van der Waals surface area contributed by atoms with Crippen LogP contribution in [-0.4, -0.2) is 31.2 Å². The zero-order chi connectivity index (χ0) is 14.2. The normalized spacial score (nSPS) is 29.8. The smallest absolute Gasteiger partial charge is 0.166 e. The van der Waals surface area contributed by atoms with Gasteiger partial charge in [-0.25, -0.2) is 4.39 Å². The molecule has 3 nitrogen and oxygen atoms in total. The van der Waals surface area contributed by atoms with Crippen molar-refractivity contribution in [2.75, 3.05) is 19.8 Å². The molecule has 2 atom stereocenters. The quantitative estimate of drug-likeness (QED) is 0.773. The van der Waals surface area contributed by atoms with E-state index in [2.05, 4.69) is 15.9 Å². The number of halogens is 2. The topological polar surface area (TPSA) is 35.5 Å². The zero-order valence-electron chi connectivity index (χ0n) is 11.0. The number of hydrogen-bond acceptors (Lipinski definition) is 3. The van der Waals surface area contributed by atoms with Gasteiger partial charge in [0, 0.05) is 31.1 Å². The van der Waals surface area contributed by atoms with E-state index in [1.54, 1.807) is 12.1 Å². The summed E-state index contributed by atoms with van der Waals surface area (Å²) in [7, 11) is 0. The molecule has 3 rings (SSSR count). The summed E-state index contributed by atoms with van der Waals surface area (Å²) in [5.41, 5.74) is 0.138. The number of benzene rings is 1. The van der Waals surface area contributed by atoms with Gasteiger partial charge in [0.05, 0.1) is 16.7 Å². The molecule has 108 valence electrons. The predicted octanol–water partition coefficient (Wildman–Crippen LogP) is 3.36. The van der Waals surface area contributed by atoms with Crippen LogP contribution in [-0.2, 0) is 9.47 Å². The zero-order valence-corrected chi connectivity index (χ0v) is 12.6. The highest BCUT2D eigenvalue weighted by molar-refractivity contribution is 9.10. The van der Waals surface area contributed by atoms with Crippen LogP contribution in [0.3, 0.4) is 0 Å². The fourth-order valence-electron chi connectivity index (χ4n) is 3.00. The molecule has 0 amide bonds. The van der Waals surface area contributed by atoms with Crippen LogP contribution < -0.4 is 0 Å². The van der Waals surface area contributed by atoms with Gasteiger partial charge in [0.15, 0.2) is 5.78 Å². The van der Waals surface area contributed by atoms with Gasteiger partial charge in [-0.15, -0.1) is 0 Å². The van der Waals surface area contributed by atoms with Crippen LogP contribution >= 0.6 is 15.9 Å². The molecule has 2 aliphatic heterocycles. The molecule has 2 fully saturated rings. The summed E-state index contributed by atoms with van der Waals surface area (Å²) in [5, 5.41) is 0. The first kappa shape index (κ1) is 14.2. The average Bonchev–Trinajstić information content (AvgIpc) is 2.89. The number of ketones is 1. The van der Waals surface area contributed by atoms with Crippen molar-refractivity contribution in [3.8, 4) is 0 Å². The van der Waals surface area contributed by atoms with Gasteiger partial charge in [-0.3, -0.25) is 4.79 Å². The number of carbonyl (C=O) groups is 1. The van der Waals surface area contributed by atoms with Crippen LogP contribution in [0.4, 0.5) is 4.39 Å². The van der Waals surface area contributed by atoms with E-state index < -0.39 is 5.82 Å². The predicted molar refractivity (Wildman–Crippen MR) is 75.3 cm³/mol. The van der Waals surface area contributed by atoms with Gasteiger partial charge in [-0.05, 0) is 40.9 Å². The third-order valence-corrected chi connectivity index (χ3v) is 4.78. The van der Waals surface area contributed by atoms with Crippen molar-refractivity contribution >= 4 is 21.7 Å². The lowest BCUT2D eigenvalue weighted by Crippen LogP contribution is -2.42. The van der Waals surface area contributed by atoms with Crippen molar-refractivity contribution in [1.82, 2.24) is 0 Å². The maximum atomic E-state index is 13.6. The second-order valence-electron chi connectivity index (χ2n) is 5.52. The number of ether oxygens (including phenoxy) is 2. The molecule has 1 aromatic rings.